The molecule has 0 fully saturated rings. The number of phenols is 1. The molecular weight excluding hydrogens is 224 g/mol. The molecule has 1 aliphatic carbocycles. The average molecular weight is 234 g/mol. The van der Waals surface area contributed by atoms with Crippen molar-refractivity contribution in [3.63, 3.8) is 0 Å². The Morgan fingerprint density at radius 2 is 2.00 bits per heavy atom. The van der Waals surface area contributed by atoms with Gasteiger partial charge in [0.1, 0.15) is 5.75 Å². The number of Topliss-reactive ketones (excluding diaryl/α,β-unsaturated/α-hetero) is 2. The second-order valence-corrected chi connectivity index (χ2v) is 3.97. The number of ketones is 2. The molecule has 0 bridgehead atoms. The van der Waals surface area contributed by atoms with Gasteiger partial charge in [-0.1, -0.05) is 0 Å². The van der Waals surface area contributed by atoms with E-state index in [2.05, 4.69) is 0 Å². The molecule has 1 atom stereocenters. The molecule has 2 rings (SSSR count). The third kappa shape index (κ3) is 1.91. The molecule has 0 saturated carbocycles. The topological polar surface area (TPSA) is 91.7 Å². The number of aryl methyl sites for hydroxylation is 1. The first-order valence-corrected chi connectivity index (χ1v) is 5.14. The molecule has 0 aliphatic heterocycles. The van der Waals surface area contributed by atoms with E-state index in [0.717, 1.165) is 0 Å². The molecule has 0 spiro atoms. The van der Waals surface area contributed by atoms with Crippen LogP contribution in [0.3, 0.4) is 0 Å². The van der Waals surface area contributed by atoms with Gasteiger partial charge in [-0.05, 0) is 36.6 Å². The number of carboxylic acids is 1. The van der Waals surface area contributed by atoms with Crippen LogP contribution in [0.2, 0.25) is 0 Å². The standard InChI is InChI=1S/C12H10O5/c13-7-2-4-8-6(5-7)1-3-9(10(8)14)11(15)12(16)17/h2,4-5,9,13H,1,3H2,(H,16,17). The highest BCUT2D eigenvalue weighted by molar-refractivity contribution is 6.39. The van der Waals surface area contributed by atoms with E-state index >= 15 is 0 Å². The zero-order valence-electron chi connectivity index (χ0n) is 8.84. The van der Waals surface area contributed by atoms with Gasteiger partial charge >= 0.3 is 5.97 Å². The fourth-order valence-electron chi connectivity index (χ4n) is 2.05. The minimum absolute atomic E-state index is 0.0551. The van der Waals surface area contributed by atoms with Crippen LogP contribution in [0.4, 0.5) is 0 Å². The molecular formula is C12H10O5. The van der Waals surface area contributed by atoms with Crippen LogP contribution in [0.15, 0.2) is 18.2 Å². The zero-order chi connectivity index (χ0) is 12.6. The minimum Gasteiger partial charge on any atom is -0.508 e. The normalized spacial score (nSPS) is 18.6. The summed E-state index contributed by atoms with van der Waals surface area (Å²) in [5.74, 6) is -4.15. The summed E-state index contributed by atoms with van der Waals surface area (Å²) in [6.07, 6.45) is 0.597. The molecule has 1 aliphatic rings. The first kappa shape index (κ1) is 11.3. The molecule has 0 saturated heterocycles. The van der Waals surface area contributed by atoms with Crippen molar-refractivity contribution in [2.24, 2.45) is 5.92 Å². The van der Waals surface area contributed by atoms with E-state index in [1.165, 1.54) is 18.2 Å². The fraction of sp³-hybridized carbons (Fsp3) is 0.250. The molecule has 2 N–H and O–H groups in total. The van der Waals surface area contributed by atoms with E-state index in [0.29, 0.717) is 17.5 Å². The molecule has 0 amide bonds. The van der Waals surface area contributed by atoms with Crippen molar-refractivity contribution in [1.29, 1.82) is 0 Å². The van der Waals surface area contributed by atoms with Gasteiger partial charge in [-0.3, -0.25) is 9.59 Å². The number of carboxylic acid groups (broad SMARTS) is 1. The second-order valence-electron chi connectivity index (χ2n) is 3.97. The molecule has 17 heavy (non-hydrogen) atoms. The predicted octanol–water partition coefficient (Wildman–Crippen LogP) is 0.791. The van der Waals surface area contributed by atoms with Crippen molar-refractivity contribution in [1.82, 2.24) is 0 Å². The van der Waals surface area contributed by atoms with E-state index < -0.39 is 23.5 Å². The van der Waals surface area contributed by atoms with Gasteiger partial charge in [-0.15, -0.1) is 0 Å². The van der Waals surface area contributed by atoms with Crippen LogP contribution < -0.4 is 0 Å². The van der Waals surface area contributed by atoms with Crippen LogP contribution in [0, 0.1) is 5.92 Å². The summed E-state index contributed by atoms with van der Waals surface area (Å²) in [6.45, 7) is 0. The SMILES string of the molecule is O=C(O)C(=O)C1CCc2cc(O)ccc2C1=O. The monoisotopic (exact) mass is 234 g/mol. The third-order valence-electron chi connectivity index (χ3n) is 2.90. The van der Waals surface area contributed by atoms with Gasteiger partial charge in [0.25, 0.3) is 5.78 Å². The van der Waals surface area contributed by atoms with Crippen molar-refractivity contribution in [2.75, 3.05) is 0 Å². The molecule has 88 valence electrons. The maximum absolute atomic E-state index is 11.9. The van der Waals surface area contributed by atoms with Gasteiger partial charge in [0.2, 0.25) is 0 Å². The van der Waals surface area contributed by atoms with Crippen LogP contribution in [0.25, 0.3) is 0 Å². The quantitative estimate of drug-likeness (QED) is 0.583. The van der Waals surface area contributed by atoms with Gasteiger partial charge in [0.15, 0.2) is 5.78 Å². The zero-order valence-corrected chi connectivity index (χ0v) is 8.84. The van der Waals surface area contributed by atoms with E-state index in [4.69, 9.17) is 5.11 Å². The van der Waals surface area contributed by atoms with Gasteiger partial charge in [0, 0.05) is 5.56 Å². The number of carbonyl (C=O) groups excluding carboxylic acids is 2. The van der Waals surface area contributed by atoms with Gasteiger partial charge < -0.3 is 10.2 Å². The number of aliphatic carboxylic acids is 1. The highest BCUT2D eigenvalue weighted by atomic mass is 16.4. The molecule has 1 aromatic rings. The number of carbonyl (C=O) groups is 3. The number of hydrogen-bond acceptors (Lipinski definition) is 4. The number of aromatic hydroxyl groups is 1. The number of rotatable bonds is 2. The van der Waals surface area contributed by atoms with Crippen LogP contribution in [0.5, 0.6) is 5.75 Å². The van der Waals surface area contributed by atoms with Gasteiger partial charge in [-0.2, -0.15) is 0 Å². The summed E-state index contributed by atoms with van der Waals surface area (Å²) in [7, 11) is 0. The van der Waals surface area contributed by atoms with Crippen molar-refractivity contribution < 1.29 is 24.6 Å². The summed E-state index contributed by atoms with van der Waals surface area (Å²) in [5.41, 5.74) is 0.984. The van der Waals surface area contributed by atoms with Crippen molar-refractivity contribution in [3.05, 3.63) is 29.3 Å². The summed E-state index contributed by atoms with van der Waals surface area (Å²) in [5, 5.41) is 17.9. The first-order valence-electron chi connectivity index (χ1n) is 5.14. The van der Waals surface area contributed by atoms with Crippen LogP contribution in [0.1, 0.15) is 22.3 Å². The lowest BCUT2D eigenvalue weighted by Gasteiger charge is -2.20. The molecule has 1 unspecified atom stereocenters. The molecule has 0 radical (unpaired) electrons. The molecule has 0 heterocycles. The number of fused-ring (bicyclic) bond motifs is 1. The summed E-state index contributed by atoms with van der Waals surface area (Å²) >= 11 is 0. The largest absolute Gasteiger partial charge is 0.508 e. The van der Waals surface area contributed by atoms with E-state index in [1.54, 1.807) is 0 Å². The lowest BCUT2D eigenvalue weighted by molar-refractivity contribution is -0.150. The maximum atomic E-state index is 11.9. The second kappa shape index (κ2) is 4.01. The maximum Gasteiger partial charge on any atom is 0.372 e. The minimum atomic E-state index is -1.58. The van der Waals surface area contributed by atoms with Crippen molar-refractivity contribution >= 4 is 17.5 Å². The van der Waals surface area contributed by atoms with Gasteiger partial charge in [-0.25, -0.2) is 4.79 Å². The predicted molar refractivity (Wildman–Crippen MR) is 56.9 cm³/mol. The Hall–Kier alpha value is -2.17. The van der Waals surface area contributed by atoms with E-state index in [-0.39, 0.29) is 12.2 Å². The Morgan fingerprint density at radius 3 is 2.65 bits per heavy atom. The van der Waals surface area contributed by atoms with Crippen LogP contribution in [-0.2, 0) is 16.0 Å². The Kier molecular flexibility index (Phi) is 2.67. The number of benzene rings is 1. The Labute approximate surface area is 96.7 Å². The summed E-state index contributed by atoms with van der Waals surface area (Å²) in [6, 6.07) is 4.24. The van der Waals surface area contributed by atoms with Crippen LogP contribution >= 0.6 is 0 Å². The molecule has 0 aromatic heterocycles. The molecule has 5 nitrogen and oxygen atoms in total. The number of phenolic OH excluding ortho intramolecular Hbond substituents is 1. The van der Waals surface area contributed by atoms with Crippen LogP contribution in [-0.4, -0.2) is 27.7 Å². The average Bonchev–Trinajstić information content (AvgIpc) is 2.28. The summed E-state index contributed by atoms with van der Waals surface area (Å²) in [4.78, 5) is 33.8. The molecule has 5 heteroatoms. The van der Waals surface area contributed by atoms with Crippen molar-refractivity contribution in [2.45, 2.75) is 12.8 Å². The Balaban J connectivity index is 2.37. The van der Waals surface area contributed by atoms with E-state index in [9.17, 15) is 19.5 Å². The highest BCUT2D eigenvalue weighted by Crippen LogP contribution is 2.28. The van der Waals surface area contributed by atoms with Gasteiger partial charge in [0.05, 0.1) is 5.92 Å². The lowest BCUT2D eigenvalue weighted by Crippen LogP contribution is -2.33. The first-order chi connectivity index (χ1) is 8.00. The lowest BCUT2D eigenvalue weighted by atomic mass is 9.80. The summed E-state index contributed by atoms with van der Waals surface area (Å²) < 4.78 is 0. The van der Waals surface area contributed by atoms with E-state index in [1.807, 2.05) is 0 Å². The Bertz CT molecular complexity index is 518. The highest BCUT2D eigenvalue weighted by Gasteiger charge is 2.35. The van der Waals surface area contributed by atoms with Crippen molar-refractivity contribution in [3.8, 4) is 5.75 Å². The Morgan fingerprint density at radius 1 is 1.29 bits per heavy atom. The fourth-order valence-corrected chi connectivity index (χ4v) is 2.05. The number of hydrogen-bond donors (Lipinski definition) is 2. The third-order valence-corrected chi connectivity index (χ3v) is 2.90. The smallest absolute Gasteiger partial charge is 0.372 e. The molecule has 1 aromatic carbocycles.